The minimum Gasteiger partial charge on any atom is -0.311 e. The molecular weight excluding hydrogens is 481 g/mol. The molecule has 0 radical (unpaired) electrons. The number of nitrogens with one attached hydrogen (secondary N) is 1. The molecule has 1 heterocycles. The first-order chi connectivity index (χ1) is 15.8. The molecule has 1 N–H and O–H groups in total. The summed E-state index contributed by atoms with van der Waals surface area (Å²) in [6.45, 7) is 2.70. The van der Waals surface area contributed by atoms with Gasteiger partial charge in [-0.25, -0.2) is 17.3 Å². The van der Waals surface area contributed by atoms with Gasteiger partial charge in [-0.3, -0.25) is 0 Å². The lowest BCUT2D eigenvalue weighted by atomic mass is 10.1. The van der Waals surface area contributed by atoms with Gasteiger partial charge in [0.25, 0.3) is 0 Å². The third-order valence-corrected chi connectivity index (χ3v) is 7.25. The Balaban J connectivity index is 1.55. The Hall–Kier alpha value is -2.36. The second-order valence-corrected chi connectivity index (χ2v) is 10.5. The summed E-state index contributed by atoms with van der Waals surface area (Å²) in [6.07, 6.45) is 5.00. The lowest BCUT2D eigenvalue weighted by Crippen LogP contribution is -2.38. The van der Waals surface area contributed by atoms with E-state index in [1.807, 2.05) is 42.5 Å². The van der Waals surface area contributed by atoms with Crippen molar-refractivity contribution in [2.45, 2.75) is 17.9 Å². The number of hydrogen-bond donors (Lipinski definition) is 1. The van der Waals surface area contributed by atoms with Crippen LogP contribution in [0.4, 0.5) is 11.4 Å². The van der Waals surface area contributed by atoms with Crippen molar-refractivity contribution in [3.05, 3.63) is 82.6 Å². The molecule has 1 aromatic heterocycles. The Kier molecular flexibility index (Phi) is 8.94. The van der Waals surface area contributed by atoms with E-state index in [9.17, 15) is 8.42 Å². The SMILES string of the molecule is CN(C)S(=O)(=O)c1cc(Cl)c(N=Nc2ccc(CCNCC[n+]3ccccc3)cc2)c(Cl)c1. The molecule has 0 spiro atoms. The Morgan fingerprint density at radius 2 is 1.58 bits per heavy atom. The van der Waals surface area contributed by atoms with E-state index in [4.69, 9.17) is 23.2 Å². The van der Waals surface area contributed by atoms with Gasteiger partial charge in [-0.15, -0.1) is 5.11 Å². The van der Waals surface area contributed by atoms with Crippen LogP contribution in [0, 0.1) is 0 Å². The van der Waals surface area contributed by atoms with E-state index < -0.39 is 10.0 Å². The van der Waals surface area contributed by atoms with Gasteiger partial charge in [0.05, 0.1) is 27.2 Å². The molecule has 0 fully saturated rings. The fourth-order valence-corrected chi connectivity index (χ4v) is 4.63. The Morgan fingerprint density at radius 3 is 2.18 bits per heavy atom. The molecule has 0 bridgehead atoms. The lowest BCUT2D eigenvalue weighted by Gasteiger charge is -2.12. The van der Waals surface area contributed by atoms with Crippen LogP contribution in [0.1, 0.15) is 5.56 Å². The summed E-state index contributed by atoms with van der Waals surface area (Å²) in [6, 6.07) is 16.4. The highest BCUT2D eigenvalue weighted by atomic mass is 35.5. The zero-order valence-electron chi connectivity index (χ0n) is 18.4. The van der Waals surface area contributed by atoms with Gasteiger partial charge in [0, 0.05) is 26.2 Å². The summed E-state index contributed by atoms with van der Waals surface area (Å²) in [7, 11) is -0.773. The summed E-state index contributed by atoms with van der Waals surface area (Å²) in [5.74, 6) is 0. The number of pyridine rings is 1. The number of hydrogen-bond acceptors (Lipinski definition) is 5. The molecule has 0 amide bonds. The van der Waals surface area contributed by atoms with E-state index in [2.05, 4.69) is 32.5 Å². The van der Waals surface area contributed by atoms with Gasteiger partial charge >= 0.3 is 0 Å². The molecule has 10 heteroatoms. The first-order valence-electron chi connectivity index (χ1n) is 10.3. The van der Waals surface area contributed by atoms with Crippen molar-refractivity contribution in [1.29, 1.82) is 0 Å². The highest BCUT2D eigenvalue weighted by Crippen LogP contribution is 2.37. The molecule has 0 aliphatic carbocycles. The molecular formula is C23H26Cl2N5O2S+. The van der Waals surface area contributed by atoms with Crippen molar-refractivity contribution in [2.24, 2.45) is 10.2 Å². The maximum atomic E-state index is 12.3. The molecule has 0 aliphatic heterocycles. The van der Waals surface area contributed by atoms with Crippen LogP contribution in [0.3, 0.4) is 0 Å². The van der Waals surface area contributed by atoms with Crippen LogP contribution in [0.15, 0.2) is 82.1 Å². The van der Waals surface area contributed by atoms with Gasteiger partial charge in [0.15, 0.2) is 18.9 Å². The predicted octanol–water partition coefficient (Wildman–Crippen LogP) is 4.78. The molecule has 3 rings (SSSR count). The first kappa shape index (κ1) is 25.3. The number of nitrogens with zero attached hydrogens (tertiary/aromatic N) is 4. The van der Waals surface area contributed by atoms with Gasteiger partial charge in [-0.2, -0.15) is 5.11 Å². The number of aromatic nitrogens is 1. The minimum atomic E-state index is -3.65. The van der Waals surface area contributed by atoms with Crippen molar-refractivity contribution in [3.63, 3.8) is 0 Å². The Labute approximate surface area is 204 Å². The summed E-state index contributed by atoms with van der Waals surface area (Å²) in [5.41, 5.74) is 2.05. The highest BCUT2D eigenvalue weighted by Gasteiger charge is 2.20. The fraction of sp³-hybridized carbons (Fsp3) is 0.261. The molecule has 33 heavy (non-hydrogen) atoms. The maximum absolute atomic E-state index is 12.3. The molecule has 0 aliphatic rings. The second kappa shape index (κ2) is 11.7. The normalized spacial score (nSPS) is 12.0. The summed E-state index contributed by atoms with van der Waals surface area (Å²) >= 11 is 12.5. The molecule has 0 saturated heterocycles. The third kappa shape index (κ3) is 7.06. The van der Waals surface area contributed by atoms with Crippen LogP contribution < -0.4 is 9.88 Å². The van der Waals surface area contributed by atoms with Gasteiger partial charge in [0.2, 0.25) is 10.0 Å². The summed E-state index contributed by atoms with van der Waals surface area (Å²) in [4.78, 5) is 0.00164. The standard InChI is InChI=1S/C23H26Cl2N5O2S/c1-29(2)33(31,32)20-16-21(24)23(22(25)17-20)28-27-19-8-6-18(7-9-19)10-11-26-12-15-30-13-4-3-5-14-30/h3-9,13-14,16-17,26H,10-12,15H2,1-2H3/q+1. The largest absolute Gasteiger partial charge is 0.311 e. The number of rotatable bonds is 10. The van der Waals surface area contributed by atoms with Crippen LogP contribution in [0.25, 0.3) is 0 Å². The topological polar surface area (TPSA) is 78.0 Å². The molecule has 7 nitrogen and oxygen atoms in total. The van der Waals surface area contributed by atoms with E-state index in [1.165, 1.54) is 31.8 Å². The zero-order valence-corrected chi connectivity index (χ0v) is 20.8. The molecule has 174 valence electrons. The van der Waals surface area contributed by atoms with E-state index in [0.717, 1.165) is 30.4 Å². The van der Waals surface area contributed by atoms with E-state index in [1.54, 1.807) is 0 Å². The number of sulfonamides is 1. The lowest BCUT2D eigenvalue weighted by molar-refractivity contribution is -0.695. The van der Waals surface area contributed by atoms with Gasteiger partial charge in [0.1, 0.15) is 5.69 Å². The van der Waals surface area contributed by atoms with Crippen LogP contribution in [-0.2, 0) is 23.0 Å². The summed E-state index contributed by atoms with van der Waals surface area (Å²) < 4.78 is 27.8. The van der Waals surface area contributed by atoms with Crippen LogP contribution >= 0.6 is 23.2 Å². The average molecular weight is 507 g/mol. The van der Waals surface area contributed by atoms with Crippen LogP contribution in [0.5, 0.6) is 0 Å². The Morgan fingerprint density at radius 1 is 0.939 bits per heavy atom. The molecule has 0 atom stereocenters. The first-order valence-corrected chi connectivity index (χ1v) is 12.5. The van der Waals surface area contributed by atoms with Crippen molar-refractivity contribution in [1.82, 2.24) is 9.62 Å². The molecule has 0 unspecified atom stereocenters. The van der Waals surface area contributed by atoms with Crippen LogP contribution in [0.2, 0.25) is 10.0 Å². The van der Waals surface area contributed by atoms with Crippen molar-refractivity contribution in [3.8, 4) is 0 Å². The second-order valence-electron chi connectivity index (χ2n) is 7.50. The van der Waals surface area contributed by atoms with E-state index in [0.29, 0.717) is 5.69 Å². The van der Waals surface area contributed by atoms with Gasteiger partial charge < -0.3 is 5.32 Å². The zero-order chi connectivity index (χ0) is 23.8. The minimum absolute atomic E-state index is 0.00164. The molecule has 2 aromatic carbocycles. The van der Waals surface area contributed by atoms with Crippen molar-refractivity contribution in [2.75, 3.05) is 27.2 Å². The third-order valence-electron chi connectivity index (χ3n) is 4.89. The van der Waals surface area contributed by atoms with Crippen molar-refractivity contribution < 1.29 is 13.0 Å². The highest BCUT2D eigenvalue weighted by molar-refractivity contribution is 7.89. The van der Waals surface area contributed by atoms with Gasteiger partial charge in [-0.05, 0) is 42.8 Å². The van der Waals surface area contributed by atoms with E-state index >= 15 is 0 Å². The van der Waals surface area contributed by atoms with Crippen LogP contribution in [-0.4, -0.2) is 39.9 Å². The maximum Gasteiger partial charge on any atom is 0.242 e. The smallest absolute Gasteiger partial charge is 0.242 e. The van der Waals surface area contributed by atoms with E-state index in [-0.39, 0.29) is 20.6 Å². The number of azo groups is 1. The predicted molar refractivity (Wildman–Crippen MR) is 131 cm³/mol. The Bertz CT molecular complexity index is 1180. The monoisotopic (exact) mass is 506 g/mol. The van der Waals surface area contributed by atoms with Crippen molar-refractivity contribution >= 4 is 44.6 Å². The number of halogens is 2. The quantitative estimate of drug-likeness (QED) is 0.244. The average Bonchev–Trinajstić information content (AvgIpc) is 2.79. The summed E-state index contributed by atoms with van der Waals surface area (Å²) in [5, 5.41) is 12.0. The van der Waals surface area contributed by atoms with Gasteiger partial charge in [-0.1, -0.05) is 41.4 Å². The molecule has 3 aromatic rings. The fourth-order valence-electron chi connectivity index (χ4n) is 2.98. The number of benzene rings is 2. The molecule has 0 saturated carbocycles.